The van der Waals surface area contributed by atoms with E-state index in [4.69, 9.17) is 0 Å². The molecule has 2 aromatic rings. The molecular weight excluding hydrogens is 267 g/mol. The van der Waals surface area contributed by atoms with Crippen molar-refractivity contribution in [1.82, 2.24) is 0 Å². The molecule has 0 aromatic heterocycles. The van der Waals surface area contributed by atoms with Crippen LogP contribution in [0.3, 0.4) is 0 Å². The molecule has 0 aliphatic carbocycles. The van der Waals surface area contributed by atoms with Crippen molar-refractivity contribution in [3.8, 4) is 11.1 Å². The third-order valence-corrected chi connectivity index (χ3v) is 3.30. The van der Waals surface area contributed by atoms with Crippen molar-refractivity contribution in [2.45, 2.75) is 12.8 Å². The quantitative estimate of drug-likeness (QED) is 0.847. The largest absolute Gasteiger partial charge is 0.326 e. The molecule has 1 heterocycles. The second-order valence-corrected chi connectivity index (χ2v) is 4.66. The Bertz CT molecular complexity index is 689. The highest BCUT2D eigenvalue weighted by atomic mass is 19.1. The second-order valence-electron chi connectivity index (χ2n) is 4.66. The SMILES string of the molecule is O=C1CCc2ccc(-c3c(F)cc(F)cc3F)cc2N1. The lowest BCUT2D eigenvalue weighted by Crippen LogP contribution is -2.18. The maximum Gasteiger partial charge on any atom is 0.224 e. The molecule has 0 bridgehead atoms. The van der Waals surface area contributed by atoms with E-state index in [1.807, 2.05) is 0 Å². The van der Waals surface area contributed by atoms with Gasteiger partial charge in [0.25, 0.3) is 0 Å². The lowest BCUT2D eigenvalue weighted by Gasteiger charge is -2.18. The Morgan fingerprint density at radius 2 is 1.65 bits per heavy atom. The number of anilines is 1. The Morgan fingerprint density at radius 3 is 2.35 bits per heavy atom. The van der Waals surface area contributed by atoms with E-state index < -0.39 is 17.5 Å². The van der Waals surface area contributed by atoms with Crippen LogP contribution < -0.4 is 5.32 Å². The van der Waals surface area contributed by atoms with Crippen molar-refractivity contribution in [1.29, 1.82) is 0 Å². The van der Waals surface area contributed by atoms with Gasteiger partial charge in [0.15, 0.2) is 0 Å². The van der Waals surface area contributed by atoms with Crippen LogP contribution in [-0.2, 0) is 11.2 Å². The molecule has 2 nitrogen and oxygen atoms in total. The number of hydrogen-bond acceptors (Lipinski definition) is 1. The third-order valence-electron chi connectivity index (χ3n) is 3.30. The molecule has 0 fully saturated rings. The van der Waals surface area contributed by atoms with E-state index in [2.05, 4.69) is 5.32 Å². The standard InChI is InChI=1S/C15H10F3NO/c16-10-6-11(17)15(12(18)7-10)9-2-1-8-3-4-14(20)19-13(8)5-9/h1-2,5-7H,3-4H2,(H,19,20). The molecule has 5 heteroatoms. The van der Waals surface area contributed by atoms with E-state index in [0.29, 0.717) is 30.7 Å². The predicted octanol–water partition coefficient (Wildman–Crippen LogP) is 3.66. The minimum absolute atomic E-state index is 0.130. The van der Waals surface area contributed by atoms with Gasteiger partial charge in [0.05, 0.1) is 5.56 Å². The summed E-state index contributed by atoms with van der Waals surface area (Å²) in [7, 11) is 0. The van der Waals surface area contributed by atoms with Crippen LogP contribution in [0.15, 0.2) is 30.3 Å². The zero-order valence-electron chi connectivity index (χ0n) is 10.3. The van der Waals surface area contributed by atoms with Crippen LogP contribution in [0.2, 0.25) is 0 Å². The minimum atomic E-state index is -0.968. The highest BCUT2D eigenvalue weighted by Gasteiger charge is 2.18. The lowest BCUT2D eigenvalue weighted by molar-refractivity contribution is -0.116. The maximum absolute atomic E-state index is 13.7. The number of benzene rings is 2. The monoisotopic (exact) mass is 277 g/mol. The number of carbonyl (C=O) groups is 1. The summed E-state index contributed by atoms with van der Waals surface area (Å²) in [4.78, 5) is 11.3. The van der Waals surface area contributed by atoms with Gasteiger partial charge in [-0.05, 0) is 23.6 Å². The zero-order chi connectivity index (χ0) is 14.3. The normalized spacial score (nSPS) is 13.8. The first-order valence-electron chi connectivity index (χ1n) is 6.12. The van der Waals surface area contributed by atoms with Crippen molar-refractivity contribution in [3.63, 3.8) is 0 Å². The Morgan fingerprint density at radius 1 is 0.950 bits per heavy atom. The zero-order valence-corrected chi connectivity index (χ0v) is 10.3. The van der Waals surface area contributed by atoms with Gasteiger partial charge < -0.3 is 5.32 Å². The fourth-order valence-corrected chi connectivity index (χ4v) is 2.35. The van der Waals surface area contributed by atoms with Crippen molar-refractivity contribution in [2.75, 3.05) is 5.32 Å². The molecule has 20 heavy (non-hydrogen) atoms. The van der Waals surface area contributed by atoms with Crippen LogP contribution in [0.4, 0.5) is 18.9 Å². The summed E-state index contributed by atoms with van der Waals surface area (Å²) in [5, 5.41) is 2.66. The van der Waals surface area contributed by atoms with E-state index in [0.717, 1.165) is 5.56 Å². The Labute approximate surface area is 113 Å². The van der Waals surface area contributed by atoms with E-state index in [9.17, 15) is 18.0 Å². The van der Waals surface area contributed by atoms with E-state index in [1.54, 1.807) is 12.1 Å². The number of nitrogens with one attached hydrogen (secondary N) is 1. The number of halogens is 3. The summed E-state index contributed by atoms with van der Waals surface area (Å²) in [6.07, 6.45) is 0.988. The summed E-state index contributed by atoms with van der Waals surface area (Å²) in [5.74, 6) is -3.03. The van der Waals surface area contributed by atoms with Gasteiger partial charge in [-0.25, -0.2) is 13.2 Å². The van der Waals surface area contributed by atoms with Crippen LogP contribution in [0.1, 0.15) is 12.0 Å². The number of hydrogen-bond donors (Lipinski definition) is 1. The number of rotatable bonds is 1. The van der Waals surface area contributed by atoms with Gasteiger partial charge in [0.2, 0.25) is 5.91 Å². The molecule has 0 saturated heterocycles. The molecule has 102 valence electrons. The van der Waals surface area contributed by atoms with E-state index >= 15 is 0 Å². The van der Waals surface area contributed by atoms with Crippen molar-refractivity contribution in [3.05, 3.63) is 53.3 Å². The Hall–Kier alpha value is -2.30. The first-order valence-corrected chi connectivity index (χ1v) is 6.12. The van der Waals surface area contributed by atoms with Crippen molar-refractivity contribution in [2.24, 2.45) is 0 Å². The molecule has 1 N–H and O–H groups in total. The number of fused-ring (bicyclic) bond motifs is 1. The topological polar surface area (TPSA) is 29.1 Å². The predicted molar refractivity (Wildman–Crippen MR) is 68.7 cm³/mol. The van der Waals surface area contributed by atoms with Crippen LogP contribution in [-0.4, -0.2) is 5.91 Å². The summed E-state index contributed by atoms with van der Waals surface area (Å²) in [6, 6.07) is 6.06. The second kappa shape index (κ2) is 4.67. The van der Waals surface area contributed by atoms with Crippen LogP contribution >= 0.6 is 0 Å². The molecule has 1 aliphatic heterocycles. The molecule has 0 spiro atoms. The average Bonchev–Trinajstić information content (AvgIpc) is 2.37. The molecule has 1 amide bonds. The molecule has 0 unspecified atom stereocenters. The molecule has 0 atom stereocenters. The van der Waals surface area contributed by atoms with Gasteiger partial charge in [0.1, 0.15) is 17.5 Å². The Balaban J connectivity index is 2.12. The highest BCUT2D eigenvalue weighted by molar-refractivity contribution is 5.94. The van der Waals surface area contributed by atoms with Crippen LogP contribution in [0, 0.1) is 17.5 Å². The average molecular weight is 277 g/mol. The summed E-state index contributed by atoms with van der Waals surface area (Å²) >= 11 is 0. The first kappa shape index (κ1) is 12.7. The van der Waals surface area contributed by atoms with Gasteiger partial charge in [0, 0.05) is 24.2 Å². The number of aryl methyl sites for hydroxylation is 1. The van der Waals surface area contributed by atoms with E-state index in [1.165, 1.54) is 6.07 Å². The van der Waals surface area contributed by atoms with Gasteiger partial charge >= 0.3 is 0 Å². The van der Waals surface area contributed by atoms with Gasteiger partial charge in [-0.1, -0.05) is 12.1 Å². The lowest BCUT2D eigenvalue weighted by atomic mass is 9.97. The third kappa shape index (κ3) is 2.15. The molecule has 3 rings (SSSR count). The Kier molecular flexibility index (Phi) is 2.97. The molecule has 0 radical (unpaired) electrons. The number of amides is 1. The van der Waals surface area contributed by atoms with Crippen LogP contribution in [0.5, 0.6) is 0 Å². The molecular formula is C15H10F3NO. The first-order chi connectivity index (χ1) is 9.54. The van der Waals surface area contributed by atoms with Gasteiger partial charge in [-0.3, -0.25) is 4.79 Å². The van der Waals surface area contributed by atoms with E-state index in [-0.39, 0.29) is 17.0 Å². The van der Waals surface area contributed by atoms with Crippen molar-refractivity contribution < 1.29 is 18.0 Å². The van der Waals surface area contributed by atoms with Gasteiger partial charge in [-0.15, -0.1) is 0 Å². The number of carbonyl (C=O) groups excluding carboxylic acids is 1. The van der Waals surface area contributed by atoms with Crippen LogP contribution in [0.25, 0.3) is 11.1 Å². The highest BCUT2D eigenvalue weighted by Crippen LogP contribution is 2.32. The molecule has 2 aromatic carbocycles. The fourth-order valence-electron chi connectivity index (χ4n) is 2.35. The fraction of sp³-hybridized carbons (Fsp3) is 0.133. The minimum Gasteiger partial charge on any atom is -0.326 e. The summed E-state index contributed by atoms with van der Waals surface area (Å²) in [5.41, 5.74) is 1.42. The molecule has 0 saturated carbocycles. The summed E-state index contributed by atoms with van der Waals surface area (Å²) < 4.78 is 40.4. The van der Waals surface area contributed by atoms with Gasteiger partial charge in [-0.2, -0.15) is 0 Å². The summed E-state index contributed by atoms with van der Waals surface area (Å²) in [6.45, 7) is 0. The maximum atomic E-state index is 13.7. The van der Waals surface area contributed by atoms with Crippen molar-refractivity contribution >= 4 is 11.6 Å². The smallest absolute Gasteiger partial charge is 0.224 e. The molecule has 1 aliphatic rings.